The van der Waals surface area contributed by atoms with Crippen LogP contribution in [-0.4, -0.2) is 37.3 Å². The third-order valence-corrected chi connectivity index (χ3v) is 4.39. The molecule has 0 saturated carbocycles. The molecule has 1 aromatic carbocycles. The molecule has 154 valence electrons. The van der Waals surface area contributed by atoms with Gasteiger partial charge in [0.15, 0.2) is 12.3 Å². The molecule has 0 amide bonds. The Morgan fingerprint density at radius 2 is 1.90 bits per heavy atom. The number of halogens is 4. The molecule has 0 unspecified atom stereocenters. The van der Waals surface area contributed by atoms with Crippen LogP contribution in [0.4, 0.5) is 13.2 Å². The number of aromatic amines is 1. The number of aromatic nitrogens is 5. The van der Waals surface area contributed by atoms with E-state index < -0.39 is 24.5 Å². The summed E-state index contributed by atoms with van der Waals surface area (Å²) in [7, 11) is 0. The summed E-state index contributed by atoms with van der Waals surface area (Å²) in [6.07, 6.45) is -2.94. The van der Waals surface area contributed by atoms with Gasteiger partial charge in [0, 0.05) is 11.2 Å². The van der Waals surface area contributed by atoms with Crippen molar-refractivity contribution in [2.45, 2.75) is 13.1 Å². The van der Waals surface area contributed by atoms with Crippen LogP contribution in [0.5, 0.6) is 6.01 Å². The van der Waals surface area contributed by atoms with Crippen molar-refractivity contribution in [1.82, 2.24) is 24.6 Å². The van der Waals surface area contributed by atoms with E-state index in [1.54, 1.807) is 36.5 Å². The molecule has 0 aliphatic carbocycles. The third kappa shape index (κ3) is 3.99. The normalized spacial score (nSPS) is 11.8. The van der Waals surface area contributed by atoms with Crippen molar-refractivity contribution in [3.63, 3.8) is 0 Å². The highest BCUT2D eigenvalue weighted by molar-refractivity contribution is 6.30. The Kier molecular flexibility index (Phi) is 4.94. The number of aryl methyl sites for hydroxylation is 1. The molecule has 1 N–H and O–H groups in total. The van der Waals surface area contributed by atoms with Gasteiger partial charge in [0.1, 0.15) is 5.69 Å². The molecule has 11 heteroatoms. The first-order chi connectivity index (χ1) is 14.2. The predicted octanol–water partition coefficient (Wildman–Crippen LogP) is 4.05. The number of H-pyrrole nitrogens is 1. The molecule has 3 heterocycles. The summed E-state index contributed by atoms with van der Waals surface area (Å²) in [5.74, 6) is 0. The maximum Gasteiger partial charge on any atom is 0.422 e. The van der Waals surface area contributed by atoms with Crippen molar-refractivity contribution in [2.24, 2.45) is 0 Å². The first kappa shape index (κ1) is 19.9. The standard InChI is InChI=1S/C19H13ClF3N5O2/c1-10-2-7-13(24-8-10)15-14(11-3-5-12(20)6-4-11)16-25-17(30-9-19(21,22)23)26-18(29)28(16)27-15/h2-8H,9H2,1H3,(H,25,26,29). The van der Waals surface area contributed by atoms with Gasteiger partial charge < -0.3 is 4.74 Å². The van der Waals surface area contributed by atoms with Gasteiger partial charge in [-0.2, -0.15) is 27.8 Å². The lowest BCUT2D eigenvalue weighted by Gasteiger charge is -2.08. The van der Waals surface area contributed by atoms with Gasteiger partial charge in [0.05, 0.1) is 11.3 Å². The van der Waals surface area contributed by atoms with E-state index in [0.29, 0.717) is 27.5 Å². The zero-order valence-corrected chi connectivity index (χ0v) is 16.1. The van der Waals surface area contributed by atoms with E-state index in [0.717, 1.165) is 10.1 Å². The van der Waals surface area contributed by atoms with Crippen LogP contribution in [0.15, 0.2) is 47.4 Å². The quantitative estimate of drug-likeness (QED) is 0.522. The number of hydrogen-bond donors (Lipinski definition) is 1. The Hall–Kier alpha value is -3.40. The number of nitrogens with one attached hydrogen (secondary N) is 1. The van der Waals surface area contributed by atoms with Crippen LogP contribution < -0.4 is 10.4 Å². The van der Waals surface area contributed by atoms with Gasteiger partial charge in [-0.3, -0.25) is 9.97 Å². The molecule has 4 aromatic rings. The minimum absolute atomic E-state index is 0.0237. The highest BCUT2D eigenvalue weighted by atomic mass is 35.5. The predicted molar refractivity (Wildman–Crippen MR) is 104 cm³/mol. The number of pyridine rings is 1. The molecule has 30 heavy (non-hydrogen) atoms. The van der Waals surface area contributed by atoms with E-state index in [1.165, 1.54) is 0 Å². The summed E-state index contributed by atoms with van der Waals surface area (Å²) in [6.45, 7) is 0.278. The van der Waals surface area contributed by atoms with Gasteiger partial charge in [-0.15, -0.1) is 0 Å². The Morgan fingerprint density at radius 3 is 2.53 bits per heavy atom. The Bertz CT molecular complexity index is 1270. The van der Waals surface area contributed by atoms with Crippen LogP contribution in [0.25, 0.3) is 28.2 Å². The summed E-state index contributed by atoms with van der Waals surface area (Å²) in [4.78, 5) is 23.0. The van der Waals surface area contributed by atoms with Crippen molar-refractivity contribution in [1.29, 1.82) is 0 Å². The fraction of sp³-hybridized carbons (Fsp3) is 0.158. The van der Waals surface area contributed by atoms with Gasteiger partial charge in [-0.1, -0.05) is 29.8 Å². The van der Waals surface area contributed by atoms with Gasteiger partial charge >= 0.3 is 11.9 Å². The van der Waals surface area contributed by atoms with Gasteiger partial charge in [-0.25, -0.2) is 4.79 Å². The number of fused-ring (bicyclic) bond motifs is 1. The van der Waals surface area contributed by atoms with Gasteiger partial charge in [0.25, 0.3) is 6.01 Å². The van der Waals surface area contributed by atoms with Crippen LogP contribution in [0.2, 0.25) is 5.02 Å². The van der Waals surface area contributed by atoms with Crippen molar-refractivity contribution in [3.8, 4) is 28.5 Å². The second-order valence-electron chi connectivity index (χ2n) is 6.44. The van der Waals surface area contributed by atoms with Crippen molar-refractivity contribution in [3.05, 3.63) is 63.7 Å². The molecule has 0 aliphatic heterocycles. The van der Waals surface area contributed by atoms with E-state index in [2.05, 4.69) is 24.8 Å². The fourth-order valence-electron chi connectivity index (χ4n) is 2.81. The zero-order chi connectivity index (χ0) is 21.5. The minimum atomic E-state index is -4.58. The molecule has 4 rings (SSSR count). The highest BCUT2D eigenvalue weighted by Gasteiger charge is 2.29. The third-order valence-electron chi connectivity index (χ3n) is 4.13. The zero-order valence-electron chi connectivity index (χ0n) is 15.4. The average Bonchev–Trinajstić information content (AvgIpc) is 3.07. The topological polar surface area (TPSA) is 85.2 Å². The van der Waals surface area contributed by atoms with Crippen molar-refractivity contribution < 1.29 is 17.9 Å². The molecular weight excluding hydrogens is 423 g/mol. The monoisotopic (exact) mass is 435 g/mol. The number of nitrogens with zero attached hydrogens (tertiary/aromatic N) is 4. The molecule has 7 nitrogen and oxygen atoms in total. The highest BCUT2D eigenvalue weighted by Crippen LogP contribution is 2.34. The fourth-order valence-corrected chi connectivity index (χ4v) is 2.94. The van der Waals surface area contributed by atoms with E-state index in [9.17, 15) is 18.0 Å². The summed E-state index contributed by atoms with van der Waals surface area (Å²) < 4.78 is 43.1. The van der Waals surface area contributed by atoms with Crippen LogP contribution in [-0.2, 0) is 0 Å². The van der Waals surface area contributed by atoms with Crippen molar-refractivity contribution >= 4 is 17.2 Å². The Balaban J connectivity index is 1.95. The second-order valence-corrected chi connectivity index (χ2v) is 6.87. The van der Waals surface area contributed by atoms with Crippen LogP contribution in [0, 0.1) is 6.92 Å². The first-order valence-corrected chi connectivity index (χ1v) is 9.00. The maximum absolute atomic E-state index is 12.5. The molecule has 0 atom stereocenters. The number of hydrogen-bond acceptors (Lipinski definition) is 5. The minimum Gasteiger partial charge on any atom is -0.455 e. The number of rotatable bonds is 4. The molecule has 0 spiro atoms. The van der Waals surface area contributed by atoms with Gasteiger partial charge in [0.2, 0.25) is 0 Å². The number of ether oxygens (including phenoxy) is 1. The lowest BCUT2D eigenvalue weighted by molar-refractivity contribution is -0.154. The van der Waals surface area contributed by atoms with E-state index in [-0.39, 0.29) is 5.65 Å². The average molecular weight is 436 g/mol. The number of alkyl halides is 3. The van der Waals surface area contributed by atoms with E-state index >= 15 is 0 Å². The van der Waals surface area contributed by atoms with Crippen LogP contribution >= 0.6 is 11.6 Å². The lowest BCUT2D eigenvalue weighted by Crippen LogP contribution is -2.24. The maximum atomic E-state index is 12.5. The molecule has 0 saturated heterocycles. The van der Waals surface area contributed by atoms with Crippen molar-refractivity contribution in [2.75, 3.05) is 6.61 Å². The largest absolute Gasteiger partial charge is 0.455 e. The Labute approximate surface area is 172 Å². The lowest BCUT2D eigenvalue weighted by atomic mass is 10.0. The SMILES string of the molecule is Cc1ccc(-c2nn3c(=O)[nH]c(OCC(F)(F)F)nc3c2-c2ccc(Cl)cc2)nc1. The summed E-state index contributed by atoms with van der Waals surface area (Å²) in [5.41, 5.74) is 1.96. The van der Waals surface area contributed by atoms with E-state index in [4.69, 9.17) is 11.6 Å². The summed E-state index contributed by atoms with van der Waals surface area (Å²) in [5, 5.41) is 4.79. The van der Waals surface area contributed by atoms with Gasteiger partial charge in [-0.05, 0) is 36.2 Å². The number of benzene rings is 1. The molecule has 0 radical (unpaired) electrons. The smallest absolute Gasteiger partial charge is 0.422 e. The second kappa shape index (κ2) is 7.45. The Morgan fingerprint density at radius 1 is 1.17 bits per heavy atom. The molecule has 3 aromatic heterocycles. The van der Waals surface area contributed by atoms with Crippen LogP contribution in [0.3, 0.4) is 0 Å². The summed E-state index contributed by atoms with van der Waals surface area (Å²) in [6, 6.07) is 9.65. The summed E-state index contributed by atoms with van der Waals surface area (Å²) >= 11 is 5.97. The molecule has 0 bridgehead atoms. The first-order valence-electron chi connectivity index (χ1n) is 8.63. The molecule has 0 aliphatic rings. The van der Waals surface area contributed by atoms with Crippen LogP contribution in [0.1, 0.15) is 5.56 Å². The molecular formula is C19H13ClF3N5O2. The van der Waals surface area contributed by atoms with E-state index in [1.807, 2.05) is 13.0 Å². The molecule has 0 fully saturated rings.